The molecule has 1 aromatic carbocycles. The van der Waals surface area contributed by atoms with Gasteiger partial charge in [-0.05, 0) is 63.8 Å². The fourth-order valence-corrected chi connectivity index (χ4v) is 5.02. The first-order valence-electron chi connectivity index (χ1n) is 10.8. The summed E-state index contributed by atoms with van der Waals surface area (Å²) in [5.41, 5.74) is 1.69. The van der Waals surface area contributed by atoms with Crippen molar-refractivity contribution in [2.24, 2.45) is 5.92 Å². The van der Waals surface area contributed by atoms with Crippen molar-refractivity contribution in [1.82, 2.24) is 4.90 Å². The number of nitrogens with zero attached hydrogens (tertiary/aromatic N) is 1. The van der Waals surface area contributed by atoms with Crippen LogP contribution in [0.15, 0.2) is 24.3 Å². The quantitative estimate of drug-likeness (QED) is 0.515. The summed E-state index contributed by atoms with van der Waals surface area (Å²) in [5.74, 6) is 0.485. The molecule has 28 heavy (non-hydrogen) atoms. The predicted molar refractivity (Wildman–Crippen MR) is 114 cm³/mol. The Bertz CT molecular complexity index is 590. The molecule has 5 heteroatoms. The van der Waals surface area contributed by atoms with Gasteiger partial charge < -0.3 is 14.2 Å². The van der Waals surface area contributed by atoms with Crippen molar-refractivity contribution < 1.29 is 14.2 Å². The molecule has 3 atom stereocenters. The molecule has 4 nitrogen and oxygen atoms in total. The molecule has 1 aromatic rings. The molecule has 1 saturated carbocycles. The SMILES string of the molecule is CCOC(C)OC[C@@H]1CCCN(CC2(c3ccc(Cl)cc3)CCC2)[C@@H]1COC. The van der Waals surface area contributed by atoms with E-state index in [4.69, 9.17) is 25.8 Å². The molecule has 1 aliphatic carbocycles. The third-order valence-electron chi connectivity index (χ3n) is 6.59. The minimum atomic E-state index is -0.143. The molecule has 2 aliphatic rings. The van der Waals surface area contributed by atoms with E-state index < -0.39 is 0 Å². The van der Waals surface area contributed by atoms with Crippen molar-refractivity contribution in [3.63, 3.8) is 0 Å². The number of ether oxygens (including phenoxy) is 3. The molecule has 0 amide bonds. The maximum atomic E-state index is 6.13. The van der Waals surface area contributed by atoms with Crippen molar-refractivity contribution in [2.45, 2.75) is 63.7 Å². The van der Waals surface area contributed by atoms with Crippen LogP contribution < -0.4 is 0 Å². The number of rotatable bonds is 10. The second-order valence-electron chi connectivity index (χ2n) is 8.39. The van der Waals surface area contributed by atoms with Crippen molar-refractivity contribution in [1.29, 1.82) is 0 Å². The van der Waals surface area contributed by atoms with Gasteiger partial charge in [-0.15, -0.1) is 0 Å². The second kappa shape index (κ2) is 10.4. The van der Waals surface area contributed by atoms with Gasteiger partial charge in [0.15, 0.2) is 6.29 Å². The van der Waals surface area contributed by atoms with Crippen LogP contribution >= 0.6 is 11.6 Å². The molecule has 1 saturated heterocycles. The van der Waals surface area contributed by atoms with Crippen molar-refractivity contribution in [3.05, 3.63) is 34.9 Å². The predicted octanol–water partition coefficient (Wildman–Crippen LogP) is 4.89. The van der Waals surface area contributed by atoms with E-state index in [9.17, 15) is 0 Å². The Hall–Kier alpha value is -0.650. The van der Waals surface area contributed by atoms with Crippen LogP contribution in [0.5, 0.6) is 0 Å². The van der Waals surface area contributed by atoms with Gasteiger partial charge in [-0.3, -0.25) is 4.90 Å². The summed E-state index contributed by atoms with van der Waals surface area (Å²) in [6, 6.07) is 8.91. The average molecular weight is 410 g/mol. The number of likely N-dealkylation sites (tertiary alicyclic amines) is 1. The number of hydrogen-bond donors (Lipinski definition) is 0. The molecule has 158 valence electrons. The van der Waals surface area contributed by atoms with Gasteiger partial charge in [0.05, 0.1) is 13.2 Å². The third kappa shape index (κ3) is 5.28. The number of methoxy groups -OCH3 is 1. The zero-order valence-corrected chi connectivity index (χ0v) is 18.4. The van der Waals surface area contributed by atoms with Gasteiger partial charge in [0.2, 0.25) is 0 Å². The van der Waals surface area contributed by atoms with E-state index in [1.807, 2.05) is 33.1 Å². The van der Waals surface area contributed by atoms with E-state index in [1.54, 1.807) is 0 Å². The van der Waals surface area contributed by atoms with Gasteiger partial charge in [-0.1, -0.05) is 30.2 Å². The molecular weight excluding hydrogens is 374 g/mol. The highest BCUT2D eigenvalue weighted by Crippen LogP contribution is 2.45. The van der Waals surface area contributed by atoms with Crippen LogP contribution in [0.3, 0.4) is 0 Å². The zero-order chi connectivity index (χ0) is 20.0. The maximum Gasteiger partial charge on any atom is 0.154 e. The summed E-state index contributed by atoms with van der Waals surface area (Å²) in [6.07, 6.45) is 6.09. The molecule has 3 rings (SSSR count). The lowest BCUT2D eigenvalue weighted by Crippen LogP contribution is -2.55. The van der Waals surface area contributed by atoms with E-state index in [-0.39, 0.29) is 11.7 Å². The monoisotopic (exact) mass is 409 g/mol. The van der Waals surface area contributed by atoms with Crippen molar-refractivity contribution >= 4 is 11.6 Å². The normalized spacial score (nSPS) is 26.0. The van der Waals surface area contributed by atoms with E-state index in [0.717, 1.165) is 31.3 Å². The van der Waals surface area contributed by atoms with E-state index >= 15 is 0 Å². The highest BCUT2D eigenvalue weighted by Gasteiger charge is 2.43. The molecule has 1 heterocycles. The summed E-state index contributed by atoms with van der Waals surface area (Å²) in [6.45, 7) is 8.40. The Morgan fingerprint density at radius 3 is 2.50 bits per heavy atom. The van der Waals surface area contributed by atoms with Crippen LogP contribution in [0.4, 0.5) is 0 Å². The van der Waals surface area contributed by atoms with Crippen LogP contribution in [0.25, 0.3) is 0 Å². The lowest BCUT2D eigenvalue weighted by molar-refractivity contribution is -0.146. The number of hydrogen-bond acceptors (Lipinski definition) is 4. The van der Waals surface area contributed by atoms with E-state index in [1.165, 1.54) is 37.7 Å². The third-order valence-corrected chi connectivity index (χ3v) is 6.84. The fraction of sp³-hybridized carbons (Fsp3) is 0.739. The standard InChI is InChI=1S/C23H36ClNO3/c1-4-27-18(2)28-15-19-7-5-14-25(22(19)16-26-3)17-23(12-6-13-23)20-8-10-21(24)11-9-20/h8-11,18-19,22H,4-7,12-17H2,1-3H3/t18?,19-,22+/m0/s1. The van der Waals surface area contributed by atoms with Crippen LogP contribution in [0.2, 0.25) is 5.02 Å². The smallest absolute Gasteiger partial charge is 0.154 e. The highest BCUT2D eigenvalue weighted by molar-refractivity contribution is 6.30. The molecule has 1 unspecified atom stereocenters. The molecule has 0 radical (unpaired) electrons. The van der Waals surface area contributed by atoms with Crippen LogP contribution in [-0.2, 0) is 19.6 Å². The van der Waals surface area contributed by atoms with E-state index in [2.05, 4.69) is 17.0 Å². The lowest BCUT2D eigenvalue weighted by Gasteiger charge is -2.50. The minimum absolute atomic E-state index is 0.143. The Kier molecular flexibility index (Phi) is 8.19. The molecule has 1 aliphatic heterocycles. The number of halogens is 1. The lowest BCUT2D eigenvalue weighted by atomic mass is 9.63. The number of piperidine rings is 1. The van der Waals surface area contributed by atoms with Gasteiger partial charge in [0.25, 0.3) is 0 Å². The Labute approximate surface area is 175 Å². The van der Waals surface area contributed by atoms with Crippen molar-refractivity contribution in [3.8, 4) is 0 Å². The molecule has 0 N–H and O–H groups in total. The fourth-order valence-electron chi connectivity index (χ4n) is 4.89. The van der Waals surface area contributed by atoms with Crippen LogP contribution in [-0.4, -0.2) is 57.3 Å². The molecule has 2 fully saturated rings. The first kappa shape index (κ1) is 22.0. The molecule has 0 spiro atoms. The number of benzene rings is 1. The summed E-state index contributed by atoms with van der Waals surface area (Å²) < 4.78 is 17.2. The van der Waals surface area contributed by atoms with Gasteiger partial charge >= 0.3 is 0 Å². The van der Waals surface area contributed by atoms with Crippen LogP contribution in [0.1, 0.15) is 51.5 Å². The summed E-state index contributed by atoms with van der Waals surface area (Å²) in [5, 5.41) is 0.814. The summed E-state index contributed by atoms with van der Waals surface area (Å²) in [4.78, 5) is 2.67. The maximum absolute atomic E-state index is 6.13. The molecule has 0 aromatic heterocycles. The topological polar surface area (TPSA) is 30.9 Å². The zero-order valence-electron chi connectivity index (χ0n) is 17.7. The van der Waals surface area contributed by atoms with Gasteiger partial charge in [-0.25, -0.2) is 0 Å². The van der Waals surface area contributed by atoms with Crippen molar-refractivity contribution in [2.75, 3.05) is 40.0 Å². The second-order valence-corrected chi connectivity index (χ2v) is 8.83. The van der Waals surface area contributed by atoms with Gasteiger partial charge in [0, 0.05) is 42.7 Å². The van der Waals surface area contributed by atoms with E-state index in [0.29, 0.717) is 18.6 Å². The largest absolute Gasteiger partial charge is 0.383 e. The molecular formula is C23H36ClNO3. The first-order chi connectivity index (χ1) is 13.6. The Balaban J connectivity index is 1.69. The van der Waals surface area contributed by atoms with Gasteiger partial charge in [-0.2, -0.15) is 0 Å². The minimum Gasteiger partial charge on any atom is -0.383 e. The van der Waals surface area contributed by atoms with Gasteiger partial charge in [0.1, 0.15) is 0 Å². The summed E-state index contributed by atoms with van der Waals surface area (Å²) in [7, 11) is 1.81. The average Bonchev–Trinajstić information content (AvgIpc) is 2.66. The summed E-state index contributed by atoms with van der Waals surface area (Å²) >= 11 is 6.13. The molecule has 0 bridgehead atoms. The Morgan fingerprint density at radius 1 is 1.14 bits per heavy atom. The van der Waals surface area contributed by atoms with Crippen LogP contribution in [0, 0.1) is 5.92 Å². The highest BCUT2D eigenvalue weighted by atomic mass is 35.5. The Morgan fingerprint density at radius 2 is 1.89 bits per heavy atom. The first-order valence-corrected chi connectivity index (χ1v) is 11.2.